The molecule has 2 aliphatic rings. The molecule has 2 saturated heterocycles. The minimum Gasteiger partial charge on any atom is -0.395 e. The molecule has 2 aromatic rings. The molecule has 5 heteroatoms. The maximum atomic E-state index is 9.16. The lowest BCUT2D eigenvalue weighted by Crippen LogP contribution is -2.53. The molecule has 2 heterocycles. The lowest BCUT2D eigenvalue weighted by molar-refractivity contribution is 0.0317. The van der Waals surface area contributed by atoms with Crippen LogP contribution in [0.15, 0.2) is 48.5 Å². The Balaban J connectivity index is 1.36. The molecule has 0 aromatic heterocycles. The monoisotopic (exact) mass is 424 g/mol. The average molecular weight is 425 g/mol. The highest BCUT2D eigenvalue weighted by atomic mass is 16.5. The van der Waals surface area contributed by atoms with E-state index >= 15 is 0 Å². The highest BCUT2D eigenvalue weighted by molar-refractivity contribution is 5.64. The first kappa shape index (κ1) is 22.4. The summed E-state index contributed by atoms with van der Waals surface area (Å²) >= 11 is 0. The molecule has 0 aliphatic carbocycles. The van der Waals surface area contributed by atoms with Crippen LogP contribution in [0, 0.1) is 0 Å². The predicted molar refractivity (Wildman–Crippen MR) is 124 cm³/mol. The van der Waals surface area contributed by atoms with Gasteiger partial charge < -0.3 is 14.6 Å². The molecule has 2 aromatic carbocycles. The minimum absolute atomic E-state index is 0.00498. The highest BCUT2D eigenvalue weighted by Crippen LogP contribution is 2.31. The zero-order valence-corrected chi connectivity index (χ0v) is 18.9. The minimum atomic E-state index is -0.00498. The van der Waals surface area contributed by atoms with Gasteiger partial charge in [-0.1, -0.05) is 48.5 Å². The Bertz CT molecular complexity index is 806. The summed E-state index contributed by atoms with van der Waals surface area (Å²) in [7, 11) is 0. The first-order valence-corrected chi connectivity index (χ1v) is 11.5. The third-order valence-electron chi connectivity index (χ3n) is 6.83. The lowest BCUT2D eigenvalue weighted by Gasteiger charge is -2.44. The second kappa shape index (κ2) is 10.2. The van der Waals surface area contributed by atoms with Crippen LogP contribution in [0.2, 0.25) is 0 Å². The van der Waals surface area contributed by atoms with E-state index < -0.39 is 0 Å². The fourth-order valence-electron chi connectivity index (χ4n) is 4.58. The first-order chi connectivity index (χ1) is 15.1. The maximum Gasteiger partial charge on any atom is 0.0834 e. The van der Waals surface area contributed by atoms with E-state index in [9.17, 15) is 0 Å². The maximum absolute atomic E-state index is 9.16. The van der Waals surface area contributed by atoms with Crippen molar-refractivity contribution in [2.45, 2.75) is 38.5 Å². The molecule has 0 radical (unpaired) electrons. The molecule has 0 amide bonds. The number of ether oxygens (including phenoxy) is 2. The van der Waals surface area contributed by atoms with Gasteiger partial charge in [-0.25, -0.2) is 0 Å². The number of β-amino-alcohol motifs (C(OH)–C–C–N with tert-alkyl or cyclic N) is 1. The summed E-state index contributed by atoms with van der Waals surface area (Å²) in [5, 5.41) is 9.16. The van der Waals surface area contributed by atoms with Crippen LogP contribution in [0.1, 0.15) is 31.4 Å². The third kappa shape index (κ3) is 5.54. The van der Waals surface area contributed by atoms with E-state index in [4.69, 9.17) is 14.6 Å². The molecular weight excluding hydrogens is 388 g/mol. The van der Waals surface area contributed by atoms with Gasteiger partial charge in [0.2, 0.25) is 0 Å². The number of hydrogen-bond donors (Lipinski definition) is 1. The summed E-state index contributed by atoms with van der Waals surface area (Å²) in [6, 6.07) is 17.7. The molecule has 2 fully saturated rings. The normalized spacial score (nSPS) is 20.9. The molecule has 4 rings (SSSR count). The fraction of sp³-hybridized carbons (Fsp3) is 0.538. The van der Waals surface area contributed by atoms with Gasteiger partial charge in [-0.05, 0) is 42.5 Å². The first-order valence-electron chi connectivity index (χ1n) is 11.5. The van der Waals surface area contributed by atoms with Crippen LogP contribution in [0.5, 0.6) is 0 Å². The van der Waals surface area contributed by atoms with E-state index in [1.165, 1.54) is 22.3 Å². The Hall–Kier alpha value is -1.76. The van der Waals surface area contributed by atoms with E-state index in [1.807, 2.05) is 0 Å². The van der Waals surface area contributed by atoms with Crippen molar-refractivity contribution in [1.82, 2.24) is 9.80 Å². The van der Waals surface area contributed by atoms with Crippen LogP contribution in [0.4, 0.5) is 0 Å². The van der Waals surface area contributed by atoms with Crippen molar-refractivity contribution in [1.29, 1.82) is 0 Å². The van der Waals surface area contributed by atoms with Gasteiger partial charge in [-0.15, -0.1) is 0 Å². The Morgan fingerprint density at radius 3 is 2.19 bits per heavy atom. The van der Waals surface area contributed by atoms with Gasteiger partial charge in [0.15, 0.2) is 0 Å². The summed E-state index contributed by atoms with van der Waals surface area (Å²) in [6.07, 6.45) is 1.24. The molecule has 0 bridgehead atoms. The number of rotatable bonds is 8. The van der Waals surface area contributed by atoms with Crippen LogP contribution in [0.25, 0.3) is 11.1 Å². The summed E-state index contributed by atoms with van der Waals surface area (Å²) in [5.41, 5.74) is 5.01. The van der Waals surface area contributed by atoms with Crippen molar-refractivity contribution in [2.24, 2.45) is 0 Å². The fourth-order valence-corrected chi connectivity index (χ4v) is 4.58. The van der Waals surface area contributed by atoms with Gasteiger partial charge >= 0.3 is 0 Å². The summed E-state index contributed by atoms with van der Waals surface area (Å²) in [4.78, 5) is 4.89. The highest BCUT2D eigenvalue weighted by Gasteiger charge is 2.31. The number of piperazine rings is 1. The number of aliphatic hydroxyl groups is 1. The molecule has 168 valence electrons. The summed E-state index contributed by atoms with van der Waals surface area (Å²) < 4.78 is 11.3. The van der Waals surface area contributed by atoms with Gasteiger partial charge in [0, 0.05) is 44.9 Å². The number of nitrogens with zero attached hydrogens (tertiary/aromatic N) is 2. The topological polar surface area (TPSA) is 45.2 Å². The van der Waals surface area contributed by atoms with Crippen molar-refractivity contribution in [2.75, 3.05) is 52.5 Å². The predicted octanol–water partition coefficient (Wildman–Crippen LogP) is 3.50. The Morgan fingerprint density at radius 1 is 0.968 bits per heavy atom. The van der Waals surface area contributed by atoms with Gasteiger partial charge in [0.25, 0.3) is 0 Å². The molecule has 1 unspecified atom stereocenters. The van der Waals surface area contributed by atoms with Crippen molar-refractivity contribution in [3.8, 4) is 11.1 Å². The summed E-state index contributed by atoms with van der Waals surface area (Å²) in [5.74, 6) is 0. The Labute approximate surface area is 186 Å². The molecule has 1 atom stereocenters. The standard InChI is InChI=1S/C26H36N2O3/c1-26(2,28-14-12-27(13-15-28)16-17-29)24-9-7-23(8-10-24)22-5-3-21(4-6-22)19-31-25-11-18-30-20-25/h3-10,25,29H,11-20H2,1-2H3. The molecule has 0 saturated carbocycles. The molecule has 1 N–H and O–H groups in total. The molecular formula is C26H36N2O3. The largest absolute Gasteiger partial charge is 0.395 e. The van der Waals surface area contributed by atoms with E-state index in [1.54, 1.807) is 0 Å². The SMILES string of the molecule is CC(C)(c1ccc(-c2ccc(COC3CCOC3)cc2)cc1)N1CCN(CCO)CC1. The van der Waals surface area contributed by atoms with Crippen LogP contribution in [0.3, 0.4) is 0 Å². The zero-order chi connectivity index (χ0) is 21.7. The molecule has 31 heavy (non-hydrogen) atoms. The molecule has 0 spiro atoms. The van der Waals surface area contributed by atoms with E-state index in [2.05, 4.69) is 72.2 Å². The second-order valence-corrected chi connectivity index (χ2v) is 9.18. The van der Waals surface area contributed by atoms with Gasteiger partial charge in [0.05, 0.1) is 25.9 Å². The van der Waals surface area contributed by atoms with Gasteiger partial charge in [-0.2, -0.15) is 0 Å². The number of aliphatic hydroxyl groups excluding tert-OH is 1. The Morgan fingerprint density at radius 2 is 1.61 bits per heavy atom. The number of benzene rings is 2. The summed E-state index contributed by atoms with van der Waals surface area (Å²) in [6.45, 7) is 11.9. The third-order valence-corrected chi connectivity index (χ3v) is 6.83. The van der Waals surface area contributed by atoms with E-state index in [-0.39, 0.29) is 18.2 Å². The smallest absolute Gasteiger partial charge is 0.0834 e. The molecule has 2 aliphatic heterocycles. The van der Waals surface area contributed by atoms with Crippen molar-refractivity contribution in [3.63, 3.8) is 0 Å². The van der Waals surface area contributed by atoms with Crippen LogP contribution in [-0.4, -0.2) is 73.6 Å². The van der Waals surface area contributed by atoms with Crippen LogP contribution in [-0.2, 0) is 21.6 Å². The van der Waals surface area contributed by atoms with E-state index in [0.29, 0.717) is 6.61 Å². The van der Waals surface area contributed by atoms with Crippen LogP contribution >= 0.6 is 0 Å². The average Bonchev–Trinajstić information content (AvgIpc) is 3.33. The quantitative estimate of drug-likeness (QED) is 0.703. The molecule has 5 nitrogen and oxygen atoms in total. The second-order valence-electron chi connectivity index (χ2n) is 9.18. The van der Waals surface area contributed by atoms with Crippen molar-refractivity contribution in [3.05, 3.63) is 59.7 Å². The van der Waals surface area contributed by atoms with Crippen molar-refractivity contribution >= 4 is 0 Å². The van der Waals surface area contributed by atoms with Gasteiger partial charge in [0.1, 0.15) is 0 Å². The van der Waals surface area contributed by atoms with Crippen molar-refractivity contribution < 1.29 is 14.6 Å². The Kier molecular flexibility index (Phi) is 7.41. The number of hydrogen-bond acceptors (Lipinski definition) is 5. The lowest BCUT2D eigenvalue weighted by atomic mass is 9.90. The van der Waals surface area contributed by atoms with Gasteiger partial charge in [-0.3, -0.25) is 9.80 Å². The van der Waals surface area contributed by atoms with Crippen LogP contribution < -0.4 is 0 Å². The van der Waals surface area contributed by atoms with E-state index in [0.717, 1.165) is 52.4 Å². The zero-order valence-electron chi connectivity index (χ0n) is 18.9.